The molecule has 2 aromatic rings. The van der Waals surface area contributed by atoms with E-state index >= 15 is 0 Å². The van der Waals surface area contributed by atoms with Gasteiger partial charge < -0.3 is 9.67 Å². The number of aromatic nitrogens is 1. The summed E-state index contributed by atoms with van der Waals surface area (Å²) in [6.07, 6.45) is 1.40. The number of aliphatic hydroxyl groups excluding tert-OH is 1. The van der Waals surface area contributed by atoms with Crippen LogP contribution in [0.15, 0.2) is 41.4 Å². The van der Waals surface area contributed by atoms with Crippen LogP contribution in [0.2, 0.25) is 0 Å². The fourth-order valence-corrected chi connectivity index (χ4v) is 2.88. The van der Waals surface area contributed by atoms with Gasteiger partial charge in [0.1, 0.15) is 5.82 Å². The summed E-state index contributed by atoms with van der Waals surface area (Å²) in [6, 6.07) is 7.35. The Balaban J connectivity index is 2.17. The molecule has 0 atom stereocenters. The molecule has 1 aromatic heterocycles. The summed E-state index contributed by atoms with van der Waals surface area (Å²) in [4.78, 5) is 0.0420. The van der Waals surface area contributed by atoms with Gasteiger partial charge in [-0.2, -0.15) is 0 Å². The minimum atomic E-state index is -3.74. The van der Waals surface area contributed by atoms with E-state index < -0.39 is 15.8 Å². The quantitative estimate of drug-likeness (QED) is 0.869. The van der Waals surface area contributed by atoms with E-state index in [0.717, 1.165) is 0 Å². The van der Waals surface area contributed by atoms with Crippen LogP contribution in [0, 0.1) is 5.82 Å². The van der Waals surface area contributed by atoms with Crippen molar-refractivity contribution in [2.45, 2.75) is 18.0 Å². The molecule has 2 rings (SSSR count). The van der Waals surface area contributed by atoms with Crippen LogP contribution in [0.1, 0.15) is 11.3 Å². The van der Waals surface area contributed by atoms with Crippen LogP contribution in [-0.4, -0.2) is 18.1 Å². The summed E-state index contributed by atoms with van der Waals surface area (Å²) < 4.78 is 41.4. The van der Waals surface area contributed by atoms with E-state index in [1.54, 1.807) is 13.1 Å². The second kappa shape index (κ2) is 5.74. The molecule has 0 bridgehead atoms. The van der Waals surface area contributed by atoms with Crippen molar-refractivity contribution < 1.29 is 17.9 Å². The van der Waals surface area contributed by atoms with E-state index in [1.165, 1.54) is 35.0 Å². The van der Waals surface area contributed by atoms with E-state index in [2.05, 4.69) is 4.72 Å². The molecule has 5 nitrogen and oxygen atoms in total. The topological polar surface area (TPSA) is 71.3 Å². The van der Waals surface area contributed by atoms with Crippen molar-refractivity contribution in [1.82, 2.24) is 9.29 Å². The molecule has 2 N–H and O–H groups in total. The third-order valence-electron chi connectivity index (χ3n) is 2.97. The van der Waals surface area contributed by atoms with Gasteiger partial charge in [-0.3, -0.25) is 0 Å². The Kier molecular flexibility index (Phi) is 4.22. The van der Waals surface area contributed by atoms with Gasteiger partial charge >= 0.3 is 0 Å². The van der Waals surface area contributed by atoms with E-state index in [-0.39, 0.29) is 23.6 Å². The van der Waals surface area contributed by atoms with Gasteiger partial charge in [0.2, 0.25) is 10.0 Å². The summed E-state index contributed by atoms with van der Waals surface area (Å²) in [6.45, 7) is -0.377. The Morgan fingerprint density at radius 2 is 2.05 bits per heavy atom. The van der Waals surface area contributed by atoms with Gasteiger partial charge in [0, 0.05) is 31.0 Å². The molecule has 0 amide bonds. The molecule has 0 saturated carbocycles. The standard InChI is InChI=1S/C13H15FN2O3S/c1-16-8-12(6-11(16)9-17)20(18,19)15-7-10-4-2-3-5-13(10)14/h2-6,8,15,17H,7,9H2,1H3. The summed E-state index contributed by atoms with van der Waals surface area (Å²) in [7, 11) is -2.10. The monoisotopic (exact) mass is 298 g/mol. The molecule has 1 heterocycles. The second-order valence-corrected chi connectivity index (χ2v) is 6.12. The van der Waals surface area contributed by atoms with Crippen LogP contribution in [0.25, 0.3) is 0 Å². The number of halogens is 1. The average Bonchev–Trinajstić information content (AvgIpc) is 2.80. The highest BCUT2D eigenvalue weighted by molar-refractivity contribution is 7.89. The molecule has 0 aliphatic rings. The fraction of sp³-hybridized carbons (Fsp3) is 0.231. The van der Waals surface area contributed by atoms with Gasteiger partial charge in [-0.05, 0) is 12.1 Å². The van der Waals surface area contributed by atoms with Crippen LogP contribution in [0.3, 0.4) is 0 Å². The Hall–Kier alpha value is -1.70. The largest absolute Gasteiger partial charge is 0.390 e. The van der Waals surface area contributed by atoms with Crippen LogP contribution < -0.4 is 4.72 Å². The van der Waals surface area contributed by atoms with Crippen LogP contribution in [0.5, 0.6) is 0 Å². The maximum atomic E-state index is 13.4. The molecule has 0 radical (unpaired) electrons. The number of sulfonamides is 1. The number of hydrogen-bond donors (Lipinski definition) is 2. The van der Waals surface area contributed by atoms with Gasteiger partial charge in [0.05, 0.1) is 11.5 Å². The lowest BCUT2D eigenvalue weighted by Crippen LogP contribution is -2.23. The van der Waals surface area contributed by atoms with Crippen molar-refractivity contribution in [3.05, 3.63) is 53.6 Å². The SMILES string of the molecule is Cn1cc(S(=O)(=O)NCc2ccccc2F)cc1CO. The summed E-state index contributed by atoms with van der Waals surface area (Å²) >= 11 is 0. The maximum Gasteiger partial charge on any atom is 0.242 e. The van der Waals surface area contributed by atoms with Crippen LogP contribution in [-0.2, 0) is 30.2 Å². The lowest BCUT2D eigenvalue weighted by atomic mass is 10.2. The maximum absolute atomic E-state index is 13.4. The molecule has 0 fully saturated rings. The van der Waals surface area contributed by atoms with Gasteiger partial charge in [-0.15, -0.1) is 0 Å². The van der Waals surface area contributed by atoms with Crippen molar-refractivity contribution in [3.63, 3.8) is 0 Å². The van der Waals surface area contributed by atoms with Gasteiger partial charge in [0.25, 0.3) is 0 Å². The number of nitrogens with one attached hydrogen (secondary N) is 1. The highest BCUT2D eigenvalue weighted by Crippen LogP contribution is 2.14. The summed E-state index contributed by atoms with van der Waals surface area (Å²) in [5.74, 6) is -0.459. The van der Waals surface area contributed by atoms with Crippen LogP contribution in [0.4, 0.5) is 4.39 Å². The number of aliphatic hydroxyl groups is 1. The number of benzene rings is 1. The zero-order valence-corrected chi connectivity index (χ0v) is 11.7. The summed E-state index contributed by atoms with van der Waals surface area (Å²) in [5, 5.41) is 9.06. The van der Waals surface area contributed by atoms with Crippen LogP contribution >= 0.6 is 0 Å². The fourth-order valence-electron chi connectivity index (χ4n) is 1.78. The second-order valence-electron chi connectivity index (χ2n) is 4.35. The molecule has 20 heavy (non-hydrogen) atoms. The number of hydrogen-bond acceptors (Lipinski definition) is 3. The van der Waals surface area contributed by atoms with Crippen molar-refractivity contribution in [2.75, 3.05) is 0 Å². The predicted octanol–water partition coefficient (Wildman–Crippen LogP) is 1.13. The number of rotatable bonds is 5. The predicted molar refractivity (Wildman–Crippen MR) is 71.8 cm³/mol. The van der Waals surface area contributed by atoms with Crippen molar-refractivity contribution in [3.8, 4) is 0 Å². The molecular weight excluding hydrogens is 283 g/mol. The zero-order valence-electron chi connectivity index (χ0n) is 10.9. The van der Waals surface area contributed by atoms with Crippen molar-refractivity contribution in [2.24, 2.45) is 7.05 Å². The third kappa shape index (κ3) is 3.06. The smallest absolute Gasteiger partial charge is 0.242 e. The Morgan fingerprint density at radius 3 is 2.65 bits per heavy atom. The first-order valence-electron chi connectivity index (χ1n) is 5.93. The van der Waals surface area contributed by atoms with E-state index in [4.69, 9.17) is 5.11 Å². The van der Waals surface area contributed by atoms with E-state index in [1.807, 2.05) is 0 Å². The molecule has 0 aliphatic heterocycles. The molecule has 0 aliphatic carbocycles. The molecule has 0 unspecified atom stereocenters. The minimum absolute atomic E-state index is 0.0420. The molecular formula is C13H15FN2O3S. The first kappa shape index (κ1) is 14.7. The normalized spacial score (nSPS) is 11.8. The van der Waals surface area contributed by atoms with Gasteiger partial charge in [0.15, 0.2) is 0 Å². The first-order valence-corrected chi connectivity index (χ1v) is 7.41. The Morgan fingerprint density at radius 1 is 1.35 bits per heavy atom. The lowest BCUT2D eigenvalue weighted by molar-refractivity contribution is 0.272. The Labute approximate surface area is 116 Å². The minimum Gasteiger partial charge on any atom is -0.390 e. The van der Waals surface area contributed by atoms with Crippen molar-refractivity contribution >= 4 is 10.0 Å². The van der Waals surface area contributed by atoms with Crippen molar-refractivity contribution in [1.29, 1.82) is 0 Å². The molecule has 108 valence electrons. The highest BCUT2D eigenvalue weighted by atomic mass is 32.2. The number of aryl methyl sites for hydroxylation is 1. The molecule has 1 aromatic carbocycles. The molecule has 7 heteroatoms. The highest BCUT2D eigenvalue weighted by Gasteiger charge is 2.17. The number of nitrogens with zero attached hydrogens (tertiary/aromatic N) is 1. The third-order valence-corrected chi connectivity index (χ3v) is 4.33. The zero-order chi connectivity index (χ0) is 14.8. The van der Waals surface area contributed by atoms with Gasteiger partial charge in [-0.25, -0.2) is 17.5 Å². The van der Waals surface area contributed by atoms with E-state index in [0.29, 0.717) is 5.69 Å². The first-order chi connectivity index (χ1) is 9.44. The average molecular weight is 298 g/mol. The molecule has 0 saturated heterocycles. The molecule has 0 spiro atoms. The van der Waals surface area contributed by atoms with E-state index in [9.17, 15) is 12.8 Å². The lowest BCUT2D eigenvalue weighted by Gasteiger charge is -2.05. The van der Waals surface area contributed by atoms with Gasteiger partial charge in [-0.1, -0.05) is 18.2 Å². The summed E-state index contributed by atoms with van der Waals surface area (Å²) in [5.41, 5.74) is 0.755. The Bertz CT molecular complexity index is 710.